The van der Waals surface area contributed by atoms with E-state index in [1.807, 2.05) is 19.1 Å². The van der Waals surface area contributed by atoms with Crippen molar-refractivity contribution < 1.29 is 18.7 Å². The summed E-state index contributed by atoms with van der Waals surface area (Å²) in [5, 5.41) is 6.62. The SMILES string of the molecule is CCc1ccccc1NC(=O)C(=O)N/N=C(\C)c1ccc(OCc2ccc(F)cc2)cc1. The highest BCUT2D eigenvalue weighted by atomic mass is 19.1. The average molecular weight is 433 g/mol. The summed E-state index contributed by atoms with van der Waals surface area (Å²) in [5.74, 6) is -1.28. The van der Waals surface area contributed by atoms with Crippen molar-refractivity contribution in [1.82, 2.24) is 5.43 Å². The van der Waals surface area contributed by atoms with Crippen LogP contribution in [0.1, 0.15) is 30.5 Å². The zero-order valence-corrected chi connectivity index (χ0v) is 17.9. The van der Waals surface area contributed by atoms with Gasteiger partial charge in [-0.2, -0.15) is 5.10 Å². The van der Waals surface area contributed by atoms with Gasteiger partial charge in [-0.1, -0.05) is 37.3 Å². The number of para-hydroxylation sites is 1. The topological polar surface area (TPSA) is 79.8 Å². The molecule has 0 heterocycles. The van der Waals surface area contributed by atoms with E-state index in [0.717, 1.165) is 23.1 Å². The molecule has 0 fully saturated rings. The summed E-state index contributed by atoms with van der Waals surface area (Å²) in [7, 11) is 0. The van der Waals surface area contributed by atoms with Gasteiger partial charge in [0.25, 0.3) is 0 Å². The van der Waals surface area contributed by atoms with E-state index >= 15 is 0 Å². The van der Waals surface area contributed by atoms with Crippen molar-refractivity contribution in [2.24, 2.45) is 5.10 Å². The van der Waals surface area contributed by atoms with Crippen LogP contribution < -0.4 is 15.5 Å². The van der Waals surface area contributed by atoms with Crippen LogP contribution in [0.3, 0.4) is 0 Å². The number of benzene rings is 3. The number of carbonyl (C=O) groups is 2. The van der Waals surface area contributed by atoms with Gasteiger partial charge >= 0.3 is 11.8 Å². The maximum atomic E-state index is 13.0. The summed E-state index contributed by atoms with van der Waals surface area (Å²) >= 11 is 0. The van der Waals surface area contributed by atoms with E-state index in [0.29, 0.717) is 23.8 Å². The van der Waals surface area contributed by atoms with Crippen LogP contribution in [0.4, 0.5) is 10.1 Å². The number of aryl methyl sites for hydroxylation is 1. The van der Waals surface area contributed by atoms with Gasteiger partial charge in [-0.15, -0.1) is 0 Å². The lowest BCUT2D eigenvalue weighted by Crippen LogP contribution is -2.33. The third-order valence-corrected chi connectivity index (χ3v) is 4.77. The quantitative estimate of drug-likeness (QED) is 0.328. The Morgan fingerprint density at radius 3 is 2.31 bits per heavy atom. The predicted octanol–water partition coefficient (Wildman–Crippen LogP) is 4.45. The molecule has 0 radical (unpaired) electrons. The first-order valence-electron chi connectivity index (χ1n) is 10.2. The molecule has 3 aromatic carbocycles. The minimum Gasteiger partial charge on any atom is -0.489 e. The standard InChI is InChI=1S/C25H24FN3O3/c1-3-19-6-4-5-7-23(19)27-24(30)25(31)29-28-17(2)20-10-14-22(15-11-20)32-16-18-8-12-21(26)13-9-18/h4-15H,3,16H2,1-2H3,(H,27,30)(H,29,31)/b28-17+. The van der Waals surface area contributed by atoms with Crippen LogP contribution in [0.25, 0.3) is 0 Å². The lowest BCUT2D eigenvalue weighted by molar-refractivity contribution is -0.136. The van der Waals surface area contributed by atoms with E-state index in [1.165, 1.54) is 12.1 Å². The monoisotopic (exact) mass is 433 g/mol. The molecule has 2 N–H and O–H groups in total. The van der Waals surface area contributed by atoms with Crippen molar-refractivity contribution in [2.45, 2.75) is 26.9 Å². The Morgan fingerprint density at radius 2 is 1.62 bits per heavy atom. The van der Waals surface area contributed by atoms with Gasteiger partial charge in [-0.3, -0.25) is 9.59 Å². The van der Waals surface area contributed by atoms with E-state index in [2.05, 4.69) is 15.8 Å². The molecule has 0 aromatic heterocycles. The van der Waals surface area contributed by atoms with E-state index in [9.17, 15) is 14.0 Å². The first kappa shape index (κ1) is 22.7. The molecular weight excluding hydrogens is 409 g/mol. The smallest absolute Gasteiger partial charge is 0.329 e. The summed E-state index contributed by atoms with van der Waals surface area (Å²) in [5.41, 5.74) is 5.97. The van der Waals surface area contributed by atoms with Crippen molar-refractivity contribution in [3.8, 4) is 5.75 Å². The van der Waals surface area contributed by atoms with Crippen LogP contribution in [0.2, 0.25) is 0 Å². The minimum absolute atomic E-state index is 0.289. The summed E-state index contributed by atoms with van der Waals surface area (Å²) in [6.07, 6.45) is 0.735. The number of hydrazone groups is 1. The van der Waals surface area contributed by atoms with Gasteiger partial charge in [0.2, 0.25) is 0 Å². The Bertz CT molecular complexity index is 1110. The Hall–Kier alpha value is -4.00. The predicted molar refractivity (Wildman–Crippen MR) is 122 cm³/mol. The molecule has 6 nitrogen and oxygen atoms in total. The van der Waals surface area contributed by atoms with Gasteiger partial charge < -0.3 is 10.1 Å². The molecule has 32 heavy (non-hydrogen) atoms. The highest BCUT2D eigenvalue weighted by molar-refractivity contribution is 6.39. The molecule has 0 unspecified atom stereocenters. The van der Waals surface area contributed by atoms with Gasteiger partial charge in [0, 0.05) is 5.69 Å². The number of rotatable bonds is 7. The first-order chi connectivity index (χ1) is 15.5. The fourth-order valence-corrected chi connectivity index (χ4v) is 2.92. The number of nitrogens with one attached hydrogen (secondary N) is 2. The number of ether oxygens (including phenoxy) is 1. The summed E-state index contributed by atoms with van der Waals surface area (Å²) in [4.78, 5) is 24.3. The van der Waals surface area contributed by atoms with Crippen LogP contribution in [-0.2, 0) is 22.6 Å². The molecule has 2 amide bonds. The Kier molecular flexibility index (Phi) is 7.70. The second-order valence-electron chi connectivity index (χ2n) is 7.04. The fourth-order valence-electron chi connectivity index (χ4n) is 2.92. The second kappa shape index (κ2) is 10.9. The van der Waals surface area contributed by atoms with Crippen molar-refractivity contribution in [3.63, 3.8) is 0 Å². The van der Waals surface area contributed by atoms with Crippen molar-refractivity contribution in [3.05, 3.63) is 95.3 Å². The molecule has 0 aliphatic heterocycles. The number of carbonyl (C=O) groups excluding carboxylic acids is 2. The van der Waals surface area contributed by atoms with Crippen molar-refractivity contribution >= 4 is 23.2 Å². The van der Waals surface area contributed by atoms with Crippen LogP contribution in [0.5, 0.6) is 5.75 Å². The normalized spacial score (nSPS) is 11.0. The van der Waals surface area contributed by atoms with E-state index in [4.69, 9.17) is 4.74 Å². The van der Waals surface area contributed by atoms with Crippen LogP contribution in [0.15, 0.2) is 77.9 Å². The third kappa shape index (κ3) is 6.25. The van der Waals surface area contributed by atoms with Crippen LogP contribution in [0, 0.1) is 5.82 Å². The van der Waals surface area contributed by atoms with Gasteiger partial charge in [-0.05, 0) is 72.5 Å². The maximum absolute atomic E-state index is 13.0. The average Bonchev–Trinajstić information content (AvgIpc) is 2.82. The van der Waals surface area contributed by atoms with Gasteiger partial charge in [-0.25, -0.2) is 9.82 Å². The van der Waals surface area contributed by atoms with Gasteiger partial charge in [0.1, 0.15) is 18.2 Å². The molecule has 164 valence electrons. The zero-order chi connectivity index (χ0) is 22.9. The van der Waals surface area contributed by atoms with Crippen molar-refractivity contribution in [2.75, 3.05) is 5.32 Å². The molecule has 0 aliphatic carbocycles. The lowest BCUT2D eigenvalue weighted by atomic mass is 10.1. The molecule has 0 spiro atoms. The molecule has 0 saturated heterocycles. The van der Waals surface area contributed by atoms with Crippen LogP contribution in [-0.4, -0.2) is 17.5 Å². The fraction of sp³-hybridized carbons (Fsp3) is 0.160. The number of hydrogen-bond donors (Lipinski definition) is 2. The highest BCUT2D eigenvalue weighted by Crippen LogP contribution is 2.16. The Morgan fingerprint density at radius 1 is 0.938 bits per heavy atom. The molecule has 7 heteroatoms. The number of hydrogen-bond acceptors (Lipinski definition) is 4. The van der Waals surface area contributed by atoms with Gasteiger partial charge in [0.05, 0.1) is 5.71 Å². The molecule has 0 aliphatic rings. The van der Waals surface area contributed by atoms with Crippen molar-refractivity contribution in [1.29, 1.82) is 0 Å². The minimum atomic E-state index is -0.852. The molecule has 3 aromatic rings. The van der Waals surface area contributed by atoms with E-state index < -0.39 is 11.8 Å². The van der Waals surface area contributed by atoms with Crippen LogP contribution >= 0.6 is 0 Å². The van der Waals surface area contributed by atoms with E-state index in [-0.39, 0.29) is 5.82 Å². The number of nitrogens with zero attached hydrogens (tertiary/aromatic N) is 1. The zero-order valence-electron chi connectivity index (χ0n) is 17.9. The number of anilines is 1. The second-order valence-corrected chi connectivity index (χ2v) is 7.04. The highest BCUT2D eigenvalue weighted by Gasteiger charge is 2.14. The molecule has 3 rings (SSSR count). The summed E-state index contributed by atoms with van der Waals surface area (Å²) in [6, 6.07) is 20.6. The van der Waals surface area contributed by atoms with E-state index in [1.54, 1.807) is 55.5 Å². The molecule has 0 bridgehead atoms. The molecular formula is C25H24FN3O3. The van der Waals surface area contributed by atoms with Gasteiger partial charge in [0.15, 0.2) is 0 Å². The Labute approximate surface area is 186 Å². The maximum Gasteiger partial charge on any atom is 0.329 e. The third-order valence-electron chi connectivity index (χ3n) is 4.77. The summed E-state index contributed by atoms with van der Waals surface area (Å²) < 4.78 is 18.6. The largest absolute Gasteiger partial charge is 0.489 e. The molecule has 0 atom stereocenters. The lowest BCUT2D eigenvalue weighted by Gasteiger charge is -2.09. The summed E-state index contributed by atoms with van der Waals surface area (Å²) in [6.45, 7) is 4.01. The molecule has 0 saturated carbocycles. The Balaban J connectivity index is 1.54. The first-order valence-corrected chi connectivity index (χ1v) is 10.2. The number of amides is 2. The number of halogens is 1.